The highest BCUT2D eigenvalue weighted by Crippen LogP contribution is 2.32. The van der Waals surface area contributed by atoms with Gasteiger partial charge in [0.15, 0.2) is 0 Å². The summed E-state index contributed by atoms with van der Waals surface area (Å²) >= 11 is 1.48. The van der Waals surface area contributed by atoms with Crippen LogP contribution in [0.1, 0.15) is 0 Å². The molecule has 0 aliphatic carbocycles. The lowest BCUT2D eigenvalue weighted by Gasteiger charge is -1.96. The molecular weight excluding hydrogens is 177 g/mol. The van der Waals surface area contributed by atoms with Crippen LogP contribution in [0, 0.1) is 0 Å². The number of hydrogen-bond donors (Lipinski definition) is 0. The van der Waals surface area contributed by atoms with E-state index in [4.69, 9.17) is 0 Å². The number of benzene rings is 1. The van der Waals surface area contributed by atoms with E-state index in [1.165, 1.54) is 17.5 Å². The molecule has 1 aromatic rings. The van der Waals surface area contributed by atoms with Crippen molar-refractivity contribution in [2.45, 2.75) is 4.90 Å². The van der Waals surface area contributed by atoms with Crippen molar-refractivity contribution < 1.29 is 4.79 Å². The minimum absolute atomic E-state index is 0.669. The smallest absolute Gasteiger partial charge is 0.211 e. The van der Waals surface area contributed by atoms with Gasteiger partial charge in [-0.15, -0.1) is 11.4 Å². The Hall–Kier alpha value is -0.620. The van der Waals surface area contributed by atoms with Crippen LogP contribution in [-0.2, 0) is 4.79 Å². The Labute approximate surface area is 71.1 Å². The Morgan fingerprint density at radius 3 is 2.82 bits per heavy atom. The summed E-state index contributed by atoms with van der Waals surface area (Å²) in [7, 11) is 2.50. The van der Waals surface area contributed by atoms with E-state index in [9.17, 15) is 4.79 Å². The van der Waals surface area contributed by atoms with Gasteiger partial charge in [-0.1, -0.05) is 20.6 Å². The molecule has 4 heteroatoms. The third-order valence-electron chi connectivity index (χ3n) is 1.16. The molecule has 0 spiro atoms. The Morgan fingerprint density at radius 1 is 1.45 bits per heavy atom. The third kappa shape index (κ3) is 2.16. The van der Waals surface area contributed by atoms with E-state index in [-0.39, 0.29) is 0 Å². The van der Waals surface area contributed by atoms with Crippen LogP contribution < -0.4 is 0 Å². The first-order valence-electron chi connectivity index (χ1n) is 2.92. The quantitative estimate of drug-likeness (QED) is 0.400. The maximum absolute atomic E-state index is 9.93. The van der Waals surface area contributed by atoms with Crippen molar-refractivity contribution in [2.24, 2.45) is 4.99 Å². The molecule has 0 N–H and O–H groups in total. The van der Waals surface area contributed by atoms with E-state index >= 15 is 0 Å². The summed E-state index contributed by atoms with van der Waals surface area (Å²) in [5.41, 5.74) is 0.669. The normalized spacial score (nSPS) is 8.82. The van der Waals surface area contributed by atoms with Crippen LogP contribution in [0.5, 0.6) is 0 Å². The Bertz CT molecular complexity index is 296. The molecule has 0 heterocycles. The standard InChI is InChI=1S/C7H6NOPS/c9-5-8-6-3-1-2-4-7(6)11-10/h1-4H,10H2. The number of aliphatic imine (C=N–C) groups is 1. The van der Waals surface area contributed by atoms with Crippen molar-refractivity contribution >= 4 is 31.6 Å². The number of rotatable bonds is 2. The molecule has 0 saturated carbocycles. The van der Waals surface area contributed by atoms with Gasteiger partial charge in [0.05, 0.1) is 5.69 Å². The van der Waals surface area contributed by atoms with Gasteiger partial charge >= 0.3 is 0 Å². The van der Waals surface area contributed by atoms with Crippen molar-refractivity contribution in [3.8, 4) is 0 Å². The second-order valence-corrected chi connectivity index (χ2v) is 3.17. The molecule has 1 aromatic carbocycles. The summed E-state index contributed by atoms with van der Waals surface area (Å²) in [6.07, 6.45) is 1.51. The second-order valence-electron chi connectivity index (χ2n) is 1.79. The largest absolute Gasteiger partial charge is 0.240 e. The molecule has 0 saturated heterocycles. The van der Waals surface area contributed by atoms with E-state index in [0.29, 0.717) is 5.69 Å². The number of hydrogen-bond acceptors (Lipinski definition) is 3. The number of carbonyl (C=O) groups excluding carboxylic acids is 1. The van der Waals surface area contributed by atoms with E-state index in [1.54, 1.807) is 6.07 Å². The molecule has 0 aliphatic rings. The van der Waals surface area contributed by atoms with Gasteiger partial charge in [0, 0.05) is 4.90 Å². The fraction of sp³-hybridized carbons (Fsp3) is 0. The van der Waals surface area contributed by atoms with E-state index < -0.39 is 0 Å². The summed E-state index contributed by atoms with van der Waals surface area (Å²) in [4.78, 5) is 14.4. The fourth-order valence-electron chi connectivity index (χ4n) is 0.698. The zero-order valence-electron chi connectivity index (χ0n) is 5.65. The summed E-state index contributed by atoms with van der Waals surface area (Å²) in [6.45, 7) is 0. The molecule has 0 aliphatic heterocycles. The molecule has 0 bridgehead atoms. The van der Waals surface area contributed by atoms with Gasteiger partial charge in [0.1, 0.15) is 0 Å². The third-order valence-corrected chi connectivity index (χ3v) is 2.52. The molecule has 56 valence electrons. The van der Waals surface area contributed by atoms with Gasteiger partial charge in [0.25, 0.3) is 0 Å². The molecule has 0 aromatic heterocycles. The van der Waals surface area contributed by atoms with E-state index in [1.807, 2.05) is 18.2 Å². The van der Waals surface area contributed by atoms with Gasteiger partial charge < -0.3 is 0 Å². The monoisotopic (exact) mass is 183 g/mol. The van der Waals surface area contributed by atoms with Crippen molar-refractivity contribution in [2.75, 3.05) is 0 Å². The molecule has 0 radical (unpaired) electrons. The molecule has 1 atom stereocenters. The molecular formula is C7H6NOPS. The number of isocyanates is 1. The van der Waals surface area contributed by atoms with Gasteiger partial charge in [0.2, 0.25) is 6.08 Å². The van der Waals surface area contributed by atoms with Crippen molar-refractivity contribution in [3.05, 3.63) is 24.3 Å². The minimum Gasteiger partial charge on any atom is -0.211 e. The summed E-state index contributed by atoms with van der Waals surface area (Å²) in [5, 5.41) is 0. The van der Waals surface area contributed by atoms with Crippen LogP contribution in [0.3, 0.4) is 0 Å². The maximum Gasteiger partial charge on any atom is 0.240 e. The van der Waals surface area contributed by atoms with Crippen LogP contribution in [0.15, 0.2) is 34.2 Å². The lowest BCUT2D eigenvalue weighted by Crippen LogP contribution is -1.67. The Morgan fingerprint density at radius 2 is 2.18 bits per heavy atom. The molecule has 11 heavy (non-hydrogen) atoms. The minimum atomic E-state index is 0.669. The molecule has 1 rings (SSSR count). The Kier molecular flexibility index (Phi) is 3.31. The van der Waals surface area contributed by atoms with E-state index in [2.05, 4.69) is 13.4 Å². The Balaban J connectivity index is 3.11. The summed E-state index contributed by atoms with van der Waals surface area (Å²) in [5.74, 6) is 0. The van der Waals surface area contributed by atoms with Crippen LogP contribution in [0.4, 0.5) is 5.69 Å². The zero-order chi connectivity index (χ0) is 8.10. The van der Waals surface area contributed by atoms with Gasteiger partial charge in [-0.3, -0.25) is 0 Å². The average Bonchev–Trinajstić information content (AvgIpc) is 2.06. The topological polar surface area (TPSA) is 29.4 Å². The first-order chi connectivity index (χ1) is 5.38. The van der Waals surface area contributed by atoms with Gasteiger partial charge in [-0.2, -0.15) is 4.99 Å². The van der Waals surface area contributed by atoms with Crippen molar-refractivity contribution in [3.63, 3.8) is 0 Å². The van der Waals surface area contributed by atoms with Crippen LogP contribution in [-0.4, -0.2) is 6.08 Å². The second kappa shape index (κ2) is 4.30. The van der Waals surface area contributed by atoms with Gasteiger partial charge in [-0.25, -0.2) is 4.79 Å². The van der Waals surface area contributed by atoms with Crippen LogP contribution >= 0.6 is 19.8 Å². The lowest BCUT2D eigenvalue weighted by molar-refractivity contribution is 0.565. The van der Waals surface area contributed by atoms with E-state index in [0.717, 1.165) is 4.90 Å². The molecule has 0 amide bonds. The number of nitrogens with zero attached hydrogens (tertiary/aromatic N) is 1. The fourth-order valence-corrected chi connectivity index (χ4v) is 1.69. The van der Waals surface area contributed by atoms with Crippen molar-refractivity contribution in [1.29, 1.82) is 0 Å². The highest BCUT2D eigenvalue weighted by atomic mass is 32.7. The lowest BCUT2D eigenvalue weighted by atomic mass is 10.3. The molecule has 0 fully saturated rings. The molecule has 1 unspecified atom stereocenters. The maximum atomic E-state index is 9.93. The predicted molar refractivity (Wildman–Crippen MR) is 49.8 cm³/mol. The molecule has 2 nitrogen and oxygen atoms in total. The first-order valence-corrected chi connectivity index (χ1v) is 5.21. The highest BCUT2D eigenvalue weighted by molar-refractivity contribution is 8.43. The first kappa shape index (κ1) is 8.48. The summed E-state index contributed by atoms with van der Waals surface area (Å²) < 4.78 is 0. The average molecular weight is 183 g/mol. The number of para-hydroxylation sites is 1. The predicted octanol–water partition coefficient (Wildman–Crippen LogP) is 2.54. The summed E-state index contributed by atoms with van der Waals surface area (Å²) in [6, 6.07) is 7.40. The van der Waals surface area contributed by atoms with Crippen LogP contribution in [0.25, 0.3) is 0 Å². The zero-order valence-corrected chi connectivity index (χ0v) is 7.62. The van der Waals surface area contributed by atoms with Crippen molar-refractivity contribution in [1.82, 2.24) is 0 Å². The SMILES string of the molecule is O=C=Nc1ccccc1SP. The van der Waals surface area contributed by atoms with Crippen LogP contribution in [0.2, 0.25) is 0 Å². The highest BCUT2D eigenvalue weighted by Gasteiger charge is 1.95. The van der Waals surface area contributed by atoms with Gasteiger partial charge in [-0.05, 0) is 12.1 Å².